The van der Waals surface area contributed by atoms with Gasteiger partial charge in [0.25, 0.3) is 0 Å². The molecule has 1 fully saturated rings. The second-order valence-electron chi connectivity index (χ2n) is 6.30. The van der Waals surface area contributed by atoms with Gasteiger partial charge in [0.05, 0.1) is 6.54 Å². The van der Waals surface area contributed by atoms with Crippen molar-refractivity contribution < 1.29 is 0 Å². The van der Waals surface area contributed by atoms with E-state index in [1.807, 2.05) is 0 Å². The van der Waals surface area contributed by atoms with Gasteiger partial charge in [-0.3, -0.25) is 9.89 Å². The Kier molecular flexibility index (Phi) is 9.46. The minimum absolute atomic E-state index is 0. The van der Waals surface area contributed by atoms with E-state index in [9.17, 15) is 0 Å². The highest BCUT2D eigenvalue weighted by Crippen LogP contribution is 2.26. The van der Waals surface area contributed by atoms with Crippen LogP contribution < -0.4 is 10.6 Å². The molecule has 0 amide bonds. The van der Waals surface area contributed by atoms with Gasteiger partial charge in [-0.25, -0.2) is 0 Å². The van der Waals surface area contributed by atoms with Crippen molar-refractivity contribution in [2.75, 3.05) is 26.7 Å². The minimum atomic E-state index is 0. The van der Waals surface area contributed by atoms with Gasteiger partial charge in [0.2, 0.25) is 0 Å². The molecule has 0 bridgehead atoms. The third-order valence-electron chi connectivity index (χ3n) is 4.36. The first kappa shape index (κ1) is 20.7. The second kappa shape index (κ2) is 10.5. The molecular weight excluding hydrogens is 419 g/mol. The molecule has 1 saturated carbocycles. The van der Waals surface area contributed by atoms with Crippen LogP contribution in [0.2, 0.25) is 0 Å². The monoisotopic (exact) mass is 450 g/mol. The Morgan fingerprint density at radius 3 is 2.70 bits per heavy atom. The lowest BCUT2D eigenvalue weighted by atomic mass is 10.1. The molecule has 1 aliphatic carbocycles. The van der Waals surface area contributed by atoms with Crippen molar-refractivity contribution in [2.24, 2.45) is 4.99 Å². The molecule has 132 valence electrons. The van der Waals surface area contributed by atoms with Crippen molar-refractivity contribution in [3.05, 3.63) is 22.4 Å². The molecule has 1 heterocycles. The summed E-state index contributed by atoms with van der Waals surface area (Å²) in [4.78, 5) is 7.21. The summed E-state index contributed by atoms with van der Waals surface area (Å²) in [5, 5.41) is 11.2. The van der Waals surface area contributed by atoms with E-state index in [1.54, 1.807) is 11.3 Å². The molecule has 6 heteroatoms. The average molecular weight is 450 g/mol. The molecule has 2 rings (SSSR count). The van der Waals surface area contributed by atoms with Crippen LogP contribution in [0.1, 0.15) is 45.1 Å². The third-order valence-corrected chi connectivity index (χ3v) is 5.07. The van der Waals surface area contributed by atoms with Gasteiger partial charge in [-0.2, -0.15) is 11.3 Å². The quantitative estimate of drug-likeness (QED) is 0.362. The fourth-order valence-corrected chi connectivity index (χ4v) is 3.24. The Morgan fingerprint density at radius 1 is 1.39 bits per heavy atom. The molecule has 1 aliphatic rings. The number of aliphatic imine (C=N–C) groups is 1. The van der Waals surface area contributed by atoms with E-state index < -0.39 is 0 Å². The summed E-state index contributed by atoms with van der Waals surface area (Å²) in [6, 6.07) is 3.49. The highest BCUT2D eigenvalue weighted by Gasteiger charge is 2.28. The summed E-state index contributed by atoms with van der Waals surface area (Å²) in [5.74, 6) is 1.43. The van der Waals surface area contributed by atoms with Crippen LogP contribution in [0.25, 0.3) is 0 Å². The summed E-state index contributed by atoms with van der Waals surface area (Å²) < 4.78 is 0. The summed E-state index contributed by atoms with van der Waals surface area (Å²) in [6.45, 7) is 9.27. The van der Waals surface area contributed by atoms with Crippen LogP contribution in [-0.2, 0) is 0 Å². The molecule has 1 aromatic rings. The van der Waals surface area contributed by atoms with Crippen LogP contribution in [0.15, 0.2) is 21.8 Å². The van der Waals surface area contributed by atoms with Gasteiger partial charge in [-0.1, -0.05) is 6.92 Å². The van der Waals surface area contributed by atoms with E-state index in [-0.39, 0.29) is 24.0 Å². The van der Waals surface area contributed by atoms with Gasteiger partial charge in [-0.05, 0) is 62.0 Å². The molecule has 23 heavy (non-hydrogen) atoms. The van der Waals surface area contributed by atoms with Crippen molar-refractivity contribution in [1.29, 1.82) is 0 Å². The summed E-state index contributed by atoms with van der Waals surface area (Å²) in [6.07, 6.45) is 2.70. The molecule has 1 aromatic heterocycles. The highest BCUT2D eigenvalue weighted by molar-refractivity contribution is 14.0. The minimum Gasteiger partial charge on any atom is -0.357 e. The van der Waals surface area contributed by atoms with E-state index in [0.29, 0.717) is 12.0 Å². The van der Waals surface area contributed by atoms with Gasteiger partial charge < -0.3 is 10.6 Å². The Hall–Kier alpha value is -0.340. The van der Waals surface area contributed by atoms with Gasteiger partial charge in [0.15, 0.2) is 5.96 Å². The summed E-state index contributed by atoms with van der Waals surface area (Å²) in [7, 11) is 2.22. The van der Waals surface area contributed by atoms with E-state index in [1.165, 1.54) is 18.4 Å². The number of thiophene rings is 1. The van der Waals surface area contributed by atoms with Crippen LogP contribution in [0.5, 0.6) is 0 Å². The van der Waals surface area contributed by atoms with E-state index >= 15 is 0 Å². The van der Waals surface area contributed by atoms with E-state index in [4.69, 9.17) is 4.99 Å². The normalized spacial score (nSPS) is 17.5. The molecule has 4 nitrogen and oxygen atoms in total. The lowest BCUT2D eigenvalue weighted by Crippen LogP contribution is -2.40. The lowest BCUT2D eigenvalue weighted by molar-refractivity contribution is 0.253. The summed E-state index contributed by atoms with van der Waals surface area (Å²) >= 11 is 1.76. The Labute approximate surface area is 162 Å². The number of likely N-dealkylation sites (N-methyl/N-ethyl adjacent to an activating group) is 1. The van der Waals surface area contributed by atoms with Crippen LogP contribution in [0.4, 0.5) is 0 Å². The van der Waals surface area contributed by atoms with Crippen molar-refractivity contribution >= 4 is 41.3 Å². The zero-order chi connectivity index (χ0) is 15.9. The molecule has 0 aromatic carbocycles. The van der Waals surface area contributed by atoms with Crippen molar-refractivity contribution in [1.82, 2.24) is 15.5 Å². The van der Waals surface area contributed by atoms with Gasteiger partial charge >= 0.3 is 0 Å². The molecule has 0 radical (unpaired) electrons. The number of hydrogen-bond donors (Lipinski definition) is 2. The second-order valence-corrected chi connectivity index (χ2v) is 7.08. The van der Waals surface area contributed by atoms with E-state index in [2.05, 4.69) is 60.2 Å². The van der Waals surface area contributed by atoms with Crippen LogP contribution in [-0.4, -0.2) is 49.6 Å². The first-order valence-electron chi connectivity index (χ1n) is 8.38. The first-order valence-corrected chi connectivity index (χ1v) is 9.32. The van der Waals surface area contributed by atoms with Crippen molar-refractivity contribution in [3.8, 4) is 0 Å². The van der Waals surface area contributed by atoms with Crippen LogP contribution in [0, 0.1) is 0 Å². The van der Waals surface area contributed by atoms with Crippen molar-refractivity contribution in [3.63, 3.8) is 0 Å². The zero-order valence-electron chi connectivity index (χ0n) is 14.7. The first-order chi connectivity index (χ1) is 10.6. The van der Waals surface area contributed by atoms with E-state index in [0.717, 1.165) is 31.6 Å². The third kappa shape index (κ3) is 6.97. The molecule has 2 unspecified atom stereocenters. The van der Waals surface area contributed by atoms with Crippen LogP contribution in [0.3, 0.4) is 0 Å². The smallest absolute Gasteiger partial charge is 0.191 e. The molecule has 0 spiro atoms. The van der Waals surface area contributed by atoms with Gasteiger partial charge in [-0.15, -0.1) is 24.0 Å². The Bertz CT molecular complexity index is 459. The number of nitrogens with zero attached hydrogens (tertiary/aromatic N) is 2. The maximum absolute atomic E-state index is 4.75. The number of halogens is 1. The molecule has 0 aliphatic heterocycles. The SMILES string of the molecule is CCNC(=NCC(C)N(C)C1CC1)NCC(C)c1ccsc1.I. The predicted molar refractivity (Wildman–Crippen MR) is 112 cm³/mol. The zero-order valence-corrected chi connectivity index (χ0v) is 17.9. The number of nitrogens with one attached hydrogen (secondary N) is 2. The number of hydrogen-bond acceptors (Lipinski definition) is 3. The topological polar surface area (TPSA) is 39.7 Å². The molecule has 2 N–H and O–H groups in total. The standard InChI is InChI=1S/C17H30N4S.HI/c1-5-18-17(19-10-13(2)15-8-9-22-12-15)20-11-14(3)21(4)16-6-7-16;/h8-9,12-14,16H,5-7,10-11H2,1-4H3,(H2,18,19,20);1H. The molecular formula is C17H31IN4S. The fraction of sp³-hybridized carbons (Fsp3) is 0.706. The van der Waals surface area contributed by atoms with Gasteiger partial charge in [0.1, 0.15) is 0 Å². The largest absolute Gasteiger partial charge is 0.357 e. The Balaban J connectivity index is 0.00000264. The van der Waals surface area contributed by atoms with Gasteiger partial charge in [0, 0.05) is 25.2 Å². The summed E-state index contributed by atoms with van der Waals surface area (Å²) in [5.41, 5.74) is 1.40. The number of guanidine groups is 1. The molecule has 2 atom stereocenters. The highest BCUT2D eigenvalue weighted by atomic mass is 127. The van der Waals surface area contributed by atoms with Crippen molar-refractivity contribution in [2.45, 2.75) is 51.6 Å². The maximum atomic E-state index is 4.75. The average Bonchev–Trinajstić information content (AvgIpc) is 3.22. The predicted octanol–water partition coefficient (Wildman–Crippen LogP) is 3.51. The fourth-order valence-electron chi connectivity index (χ4n) is 2.46. The Morgan fingerprint density at radius 2 is 2.13 bits per heavy atom. The maximum Gasteiger partial charge on any atom is 0.191 e. The number of rotatable bonds is 8. The lowest BCUT2D eigenvalue weighted by Gasteiger charge is -2.23. The molecule has 0 saturated heterocycles. The van der Waals surface area contributed by atoms with Crippen LogP contribution >= 0.6 is 35.3 Å².